The number of aryl methyl sites for hydroxylation is 1. The Morgan fingerprint density at radius 2 is 2.12 bits per heavy atom. The summed E-state index contributed by atoms with van der Waals surface area (Å²) >= 11 is 1.63. The molecule has 2 heterocycles. The van der Waals surface area contributed by atoms with E-state index in [1.54, 1.807) is 16.0 Å². The third-order valence-corrected chi connectivity index (χ3v) is 3.49. The molecule has 0 fully saturated rings. The van der Waals surface area contributed by atoms with Gasteiger partial charge in [0, 0.05) is 13.1 Å². The highest BCUT2D eigenvalue weighted by Gasteiger charge is 2.09. The summed E-state index contributed by atoms with van der Waals surface area (Å²) in [6.07, 6.45) is 0. The van der Waals surface area contributed by atoms with Crippen LogP contribution in [-0.4, -0.2) is 14.8 Å². The van der Waals surface area contributed by atoms with Crippen molar-refractivity contribution in [2.45, 2.75) is 0 Å². The van der Waals surface area contributed by atoms with Crippen molar-refractivity contribution in [2.75, 3.05) is 5.73 Å². The molecule has 16 heavy (non-hydrogen) atoms. The molecule has 0 radical (unpaired) electrons. The fraction of sp³-hybridized carbons (Fsp3) is 0.0909. The minimum Gasteiger partial charge on any atom is -0.384 e. The Bertz CT molecular complexity index is 600. The van der Waals surface area contributed by atoms with Crippen LogP contribution in [0.2, 0.25) is 0 Å². The minimum atomic E-state index is 0.647. The summed E-state index contributed by atoms with van der Waals surface area (Å²) in [7, 11) is 1.83. The van der Waals surface area contributed by atoms with Crippen LogP contribution in [0.4, 0.5) is 5.82 Å². The maximum atomic E-state index is 5.75. The van der Waals surface area contributed by atoms with Crippen LogP contribution in [0.1, 0.15) is 0 Å². The fourth-order valence-electron chi connectivity index (χ4n) is 1.57. The average Bonchev–Trinajstić information content (AvgIpc) is 2.83. The molecular formula is C11H10N4S. The van der Waals surface area contributed by atoms with E-state index < -0.39 is 0 Å². The molecule has 0 aliphatic carbocycles. The van der Waals surface area contributed by atoms with Crippen LogP contribution in [0.3, 0.4) is 0 Å². The van der Waals surface area contributed by atoms with E-state index in [9.17, 15) is 0 Å². The molecule has 0 bridgehead atoms. The standard InChI is InChI=1S/C11H10N4S/c1-15-10(12)6-8(14-15)11-13-7-4-2-3-5-9(7)16-11/h2-6H,12H2,1H3. The number of para-hydroxylation sites is 1. The van der Waals surface area contributed by atoms with Gasteiger partial charge in [0.05, 0.1) is 10.2 Å². The number of nitrogens with zero attached hydrogens (tertiary/aromatic N) is 3. The SMILES string of the molecule is Cn1nc(-c2nc3ccccc3s2)cc1N. The van der Waals surface area contributed by atoms with Crippen LogP contribution in [0, 0.1) is 0 Å². The minimum absolute atomic E-state index is 0.647. The normalized spacial score (nSPS) is 11.1. The van der Waals surface area contributed by atoms with Gasteiger partial charge in [-0.1, -0.05) is 12.1 Å². The van der Waals surface area contributed by atoms with Crippen molar-refractivity contribution in [3.8, 4) is 10.7 Å². The van der Waals surface area contributed by atoms with Gasteiger partial charge >= 0.3 is 0 Å². The summed E-state index contributed by atoms with van der Waals surface area (Å²) in [6.45, 7) is 0. The molecular weight excluding hydrogens is 220 g/mol. The van der Waals surface area contributed by atoms with Crippen molar-refractivity contribution in [3.05, 3.63) is 30.3 Å². The molecule has 4 nitrogen and oxygen atoms in total. The summed E-state index contributed by atoms with van der Waals surface area (Å²) < 4.78 is 2.82. The highest BCUT2D eigenvalue weighted by molar-refractivity contribution is 7.21. The number of fused-ring (bicyclic) bond motifs is 1. The quantitative estimate of drug-likeness (QED) is 0.697. The second-order valence-electron chi connectivity index (χ2n) is 3.56. The van der Waals surface area contributed by atoms with Gasteiger partial charge in [-0.05, 0) is 12.1 Å². The van der Waals surface area contributed by atoms with Crippen molar-refractivity contribution in [1.82, 2.24) is 14.8 Å². The lowest BCUT2D eigenvalue weighted by Gasteiger charge is -1.88. The molecule has 0 atom stereocenters. The zero-order chi connectivity index (χ0) is 11.1. The molecule has 0 saturated carbocycles. The lowest BCUT2D eigenvalue weighted by Crippen LogP contribution is -1.96. The van der Waals surface area contributed by atoms with Gasteiger partial charge in [0.1, 0.15) is 16.5 Å². The molecule has 0 saturated heterocycles. The molecule has 80 valence electrons. The number of hydrogen-bond donors (Lipinski definition) is 1. The first-order valence-corrected chi connectivity index (χ1v) is 5.71. The van der Waals surface area contributed by atoms with Gasteiger partial charge in [-0.15, -0.1) is 11.3 Å². The molecule has 2 aromatic heterocycles. The van der Waals surface area contributed by atoms with Crippen molar-refractivity contribution in [1.29, 1.82) is 0 Å². The molecule has 0 aliphatic rings. The van der Waals surface area contributed by atoms with E-state index in [4.69, 9.17) is 5.73 Å². The van der Waals surface area contributed by atoms with E-state index in [-0.39, 0.29) is 0 Å². The Labute approximate surface area is 96.3 Å². The van der Waals surface area contributed by atoms with Crippen LogP contribution >= 0.6 is 11.3 Å². The molecule has 3 rings (SSSR count). The van der Waals surface area contributed by atoms with E-state index in [0.29, 0.717) is 5.82 Å². The highest BCUT2D eigenvalue weighted by Crippen LogP contribution is 2.29. The molecule has 1 aromatic carbocycles. The highest BCUT2D eigenvalue weighted by atomic mass is 32.1. The predicted octanol–water partition coefficient (Wildman–Crippen LogP) is 2.28. The molecule has 0 aliphatic heterocycles. The van der Waals surface area contributed by atoms with Crippen molar-refractivity contribution >= 4 is 27.4 Å². The maximum Gasteiger partial charge on any atom is 0.145 e. The number of rotatable bonds is 1. The van der Waals surface area contributed by atoms with Gasteiger partial charge in [0.15, 0.2) is 0 Å². The van der Waals surface area contributed by atoms with Gasteiger partial charge in [-0.3, -0.25) is 4.68 Å². The van der Waals surface area contributed by atoms with Crippen molar-refractivity contribution in [2.24, 2.45) is 7.05 Å². The van der Waals surface area contributed by atoms with E-state index in [2.05, 4.69) is 16.1 Å². The number of hydrogen-bond acceptors (Lipinski definition) is 4. The average molecular weight is 230 g/mol. The summed E-state index contributed by atoms with van der Waals surface area (Å²) in [4.78, 5) is 4.52. The zero-order valence-electron chi connectivity index (χ0n) is 8.71. The van der Waals surface area contributed by atoms with Crippen LogP contribution in [0.15, 0.2) is 30.3 Å². The Morgan fingerprint density at radius 3 is 2.81 bits per heavy atom. The van der Waals surface area contributed by atoms with Gasteiger partial charge in [0.2, 0.25) is 0 Å². The molecule has 0 unspecified atom stereocenters. The van der Waals surface area contributed by atoms with Gasteiger partial charge in [0.25, 0.3) is 0 Å². The summed E-state index contributed by atoms with van der Waals surface area (Å²) in [6, 6.07) is 9.90. The van der Waals surface area contributed by atoms with Gasteiger partial charge in [-0.25, -0.2) is 4.98 Å². The Balaban J connectivity index is 2.18. The maximum absolute atomic E-state index is 5.75. The summed E-state index contributed by atoms with van der Waals surface area (Å²) in [5.41, 5.74) is 7.59. The number of nitrogens with two attached hydrogens (primary N) is 1. The van der Waals surface area contributed by atoms with Gasteiger partial charge in [-0.2, -0.15) is 5.10 Å². The first kappa shape index (κ1) is 9.35. The largest absolute Gasteiger partial charge is 0.384 e. The molecule has 2 N–H and O–H groups in total. The topological polar surface area (TPSA) is 56.7 Å². The van der Waals surface area contributed by atoms with E-state index in [0.717, 1.165) is 16.2 Å². The number of aromatic nitrogens is 3. The molecule has 0 amide bonds. The molecule has 5 heteroatoms. The van der Waals surface area contributed by atoms with Crippen LogP contribution < -0.4 is 5.73 Å². The van der Waals surface area contributed by atoms with Crippen LogP contribution in [0.5, 0.6) is 0 Å². The monoisotopic (exact) mass is 230 g/mol. The number of benzene rings is 1. The van der Waals surface area contributed by atoms with E-state index in [1.807, 2.05) is 31.3 Å². The smallest absolute Gasteiger partial charge is 0.145 e. The fourth-order valence-corrected chi connectivity index (χ4v) is 2.49. The second kappa shape index (κ2) is 3.31. The number of thiazole rings is 1. The van der Waals surface area contributed by atoms with Crippen molar-refractivity contribution < 1.29 is 0 Å². The lowest BCUT2D eigenvalue weighted by molar-refractivity contribution is 0.782. The van der Waals surface area contributed by atoms with Crippen LogP contribution in [0.25, 0.3) is 20.9 Å². The Hall–Kier alpha value is -1.88. The van der Waals surface area contributed by atoms with E-state index >= 15 is 0 Å². The second-order valence-corrected chi connectivity index (χ2v) is 4.60. The molecule has 0 spiro atoms. The lowest BCUT2D eigenvalue weighted by atomic mass is 10.3. The third kappa shape index (κ3) is 1.37. The van der Waals surface area contributed by atoms with E-state index in [1.165, 1.54) is 4.70 Å². The summed E-state index contributed by atoms with van der Waals surface area (Å²) in [5, 5.41) is 5.23. The molecule has 3 aromatic rings. The summed E-state index contributed by atoms with van der Waals surface area (Å²) in [5.74, 6) is 0.647. The Kier molecular flexibility index (Phi) is 1.94. The Morgan fingerprint density at radius 1 is 1.31 bits per heavy atom. The number of nitrogen functional groups attached to an aromatic ring is 1. The predicted molar refractivity (Wildman–Crippen MR) is 66.2 cm³/mol. The van der Waals surface area contributed by atoms with Gasteiger partial charge < -0.3 is 5.73 Å². The van der Waals surface area contributed by atoms with Crippen LogP contribution in [-0.2, 0) is 7.05 Å². The first-order valence-electron chi connectivity index (χ1n) is 4.89. The third-order valence-electron chi connectivity index (χ3n) is 2.43. The number of anilines is 1. The van der Waals surface area contributed by atoms with Crippen molar-refractivity contribution in [3.63, 3.8) is 0 Å². The zero-order valence-corrected chi connectivity index (χ0v) is 9.53. The first-order chi connectivity index (χ1) is 7.74.